The average molecular weight is 244 g/mol. The molecule has 98 valence electrons. The fraction of sp³-hybridized carbons (Fsp3) is 0.818. The topological polar surface area (TPSA) is 59.1 Å². The van der Waals surface area contributed by atoms with Gasteiger partial charge in [0.1, 0.15) is 0 Å². The molecule has 0 bridgehead atoms. The van der Waals surface area contributed by atoms with Gasteiger partial charge in [0.05, 0.1) is 26.2 Å². The predicted molar refractivity (Wildman–Crippen MR) is 61.5 cm³/mol. The molecule has 6 nitrogen and oxygen atoms in total. The first-order valence-corrected chi connectivity index (χ1v) is 5.72. The molecule has 0 aromatic rings. The molecule has 2 amide bonds. The van der Waals surface area contributed by atoms with Crippen LogP contribution in [0.15, 0.2) is 0 Å². The van der Waals surface area contributed by atoms with Gasteiger partial charge in [0, 0.05) is 33.9 Å². The van der Waals surface area contributed by atoms with Gasteiger partial charge in [0.25, 0.3) is 0 Å². The summed E-state index contributed by atoms with van der Waals surface area (Å²) in [7, 11) is 3.16. The fourth-order valence-corrected chi connectivity index (χ4v) is 1.71. The zero-order valence-corrected chi connectivity index (χ0v) is 10.5. The molecule has 0 atom stereocenters. The quantitative estimate of drug-likeness (QED) is 0.622. The van der Waals surface area contributed by atoms with Gasteiger partial charge in [-0.3, -0.25) is 9.59 Å². The van der Waals surface area contributed by atoms with Crippen molar-refractivity contribution in [3.05, 3.63) is 0 Å². The third-order valence-corrected chi connectivity index (χ3v) is 2.76. The van der Waals surface area contributed by atoms with Gasteiger partial charge in [-0.25, -0.2) is 0 Å². The van der Waals surface area contributed by atoms with Crippen LogP contribution in [0.2, 0.25) is 0 Å². The van der Waals surface area contributed by atoms with Crippen molar-refractivity contribution in [2.45, 2.75) is 6.42 Å². The highest BCUT2D eigenvalue weighted by atomic mass is 16.5. The van der Waals surface area contributed by atoms with Crippen molar-refractivity contribution in [2.24, 2.45) is 0 Å². The summed E-state index contributed by atoms with van der Waals surface area (Å²) in [6.07, 6.45) is 0.335. The molecular formula is C11H20N2O4. The Morgan fingerprint density at radius 3 is 2.53 bits per heavy atom. The van der Waals surface area contributed by atoms with Crippen molar-refractivity contribution in [1.82, 2.24) is 9.80 Å². The Hall–Kier alpha value is -1.14. The number of hydrogen-bond donors (Lipinski definition) is 0. The second-order valence-corrected chi connectivity index (χ2v) is 3.93. The van der Waals surface area contributed by atoms with E-state index in [1.807, 2.05) is 0 Å². The lowest BCUT2D eigenvalue weighted by molar-refractivity contribution is -0.146. The minimum atomic E-state index is -0.0217. The minimum absolute atomic E-state index is 0.0148. The molecule has 0 radical (unpaired) electrons. The largest absolute Gasteiger partial charge is 0.384 e. The van der Waals surface area contributed by atoms with Crippen LogP contribution in [0, 0.1) is 0 Å². The summed E-state index contributed by atoms with van der Waals surface area (Å²) in [5.41, 5.74) is 0. The van der Waals surface area contributed by atoms with E-state index in [1.54, 1.807) is 24.0 Å². The Morgan fingerprint density at radius 1 is 1.24 bits per heavy atom. The number of methoxy groups -OCH3 is 2. The lowest BCUT2D eigenvalue weighted by Gasteiger charge is -2.34. The van der Waals surface area contributed by atoms with Gasteiger partial charge in [0.15, 0.2) is 0 Å². The van der Waals surface area contributed by atoms with Gasteiger partial charge in [-0.15, -0.1) is 0 Å². The number of piperazine rings is 1. The van der Waals surface area contributed by atoms with E-state index in [4.69, 9.17) is 9.47 Å². The first kappa shape index (κ1) is 13.9. The van der Waals surface area contributed by atoms with Gasteiger partial charge in [0.2, 0.25) is 11.8 Å². The third kappa shape index (κ3) is 4.32. The summed E-state index contributed by atoms with van der Waals surface area (Å²) in [6.45, 7) is 2.88. The molecule has 0 aromatic heterocycles. The SMILES string of the molecule is COCCC(=O)N1CCN(CCOC)C(=O)C1. The molecule has 1 aliphatic heterocycles. The van der Waals surface area contributed by atoms with Crippen LogP contribution >= 0.6 is 0 Å². The zero-order valence-electron chi connectivity index (χ0n) is 10.5. The standard InChI is InChI=1S/C11H20N2O4/c1-16-7-3-10(14)13-5-4-12(6-8-17-2)11(15)9-13/h3-9H2,1-2H3. The zero-order chi connectivity index (χ0) is 12.7. The molecule has 1 rings (SSSR count). The highest BCUT2D eigenvalue weighted by Crippen LogP contribution is 2.05. The summed E-state index contributed by atoms with van der Waals surface area (Å²) in [5.74, 6) is -0.0364. The molecule has 17 heavy (non-hydrogen) atoms. The second-order valence-electron chi connectivity index (χ2n) is 3.93. The fourth-order valence-electron chi connectivity index (χ4n) is 1.71. The summed E-state index contributed by atoms with van der Waals surface area (Å²) >= 11 is 0. The van der Waals surface area contributed by atoms with Crippen molar-refractivity contribution in [2.75, 3.05) is 53.6 Å². The van der Waals surface area contributed by atoms with Crippen LogP contribution in [0.25, 0.3) is 0 Å². The molecule has 6 heteroatoms. The van der Waals surface area contributed by atoms with Crippen molar-refractivity contribution in [3.63, 3.8) is 0 Å². The van der Waals surface area contributed by atoms with Crippen LogP contribution < -0.4 is 0 Å². The molecule has 1 aliphatic rings. The van der Waals surface area contributed by atoms with Crippen LogP contribution in [0.5, 0.6) is 0 Å². The monoisotopic (exact) mass is 244 g/mol. The van der Waals surface area contributed by atoms with Crippen molar-refractivity contribution < 1.29 is 19.1 Å². The lowest BCUT2D eigenvalue weighted by atomic mass is 10.2. The number of carbonyl (C=O) groups is 2. The predicted octanol–water partition coefficient (Wildman–Crippen LogP) is -0.660. The van der Waals surface area contributed by atoms with Gasteiger partial charge >= 0.3 is 0 Å². The number of nitrogens with zero attached hydrogens (tertiary/aromatic N) is 2. The van der Waals surface area contributed by atoms with Gasteiger partial charge in [-0.2, -0.15) is 0 Å². The maximum Gasteiger partial charge on any atom is 0.242 e. The first-order valence-electron chi connectivity index (χ1n) is 5.72. The third-order valence-electron chi connectivity index (χ3n) is 2.76. The molecule has 0 unspecified atom stereocenters. The van der Waals surface area contributed by atoms with E-state index < -0.39 is 0 Å². The van der Waals surface area contributed by atoms with Crippen molar-refractivity contribution >= 4 is 11.8 Å². The molecular weight excluding hydrogens is 224 g/mol. The number of hydrogen-bond acceptors (Lipinski definition) is 4. The van der Waals surface area contributed by atoms with Crippen LogP contribution in [0.4, 0.5) is 0 Å². The van der Waals surface area contributed by atoms with E-state index in [0.29, 0.717) is 39.3 Å². The van der Waals surface area contributed by atoms with Gasteiger partial charge < -0.3 is 19.3 Å². The number of carbonyl (C=O) groups excluding carboxylic acids is 2. The van der Waals surface area contributed by atoms with E-state index in [0.717, 1.165) is 0 Å². The molecule has 1 saturated heterocycles. The van der Waals surface area contributed by atoms with Crippen LogP contribution in [0.3, 0.4) is 0 Å². The molecule has 0 N–H and O–H groups in total. The van der Waals surface area contributed by atoms with Gasteiger partial charge in [-0.1, -0.05) is 0 Å². The Morgan fingerprint density at radius 2 is 1.94 bits per heavy atom. The minimum Gasteiger partial charge on any atom is -0.384 e. The van der Waals surface area contributed by atoms with E-state index in [-0.39, 0.29) is 18.4 Å². The molecule has 0 aliphatic carbocycles. The molecule has 0 saturated carbocycles. The van der Waals surface area contributed by atoms with E-state index in [1.165, 1.54) is 0 Å². The molecule has 1 fully saturated rings. The average Bonchev–Trinajstić information content (AvgIpc) is 2.34. The Bertz CT molecular complexity index is 270. The second kappa shape index (κ2) is 7.24. The van der Waals surface area contributed by atoms with Gasteiger partial charge in [-0.05, 0) is 0 Å². The van der Waals surface area contributed by atoms with Crippen molar-refractivity contribution in [1.29, 1.82) is 0 Å². The van der Waals surface area contributed by atoms with E-state index in [2.05, 4.69) is 0 Å². The lowest BCUT2D eigenvalue weighted by Crippen LogP contribution is -2.53. The van der Waals surface area contributed by atoms with Crippen LogP contribution in [-0.4, -0.2) is 75.2 Å². The number of amides is 2. The summed E-state index contributed by atoms with van der Waals surface area (Å²) < 4.78 is 9.77. The molecule has 0 aromatic carbocycles. The van der Waals surface area contributed by atoms with E-state index in [9.17, 15) is 9.59 Å². The highest BCUT2D eigenvalue weighted by molar-refractivity contribution is 5.86. The van der Waals surface area contributed by atoms with Crippen LogP contribution in [-0.2, 0) is 19.1 Å². The summed E-state index contributed by atoms with van der Waals surface area (Å²) in [6, 6.07) is 0. The van der Waals surface area contributed by atoms with Crippen molar-refractivity contribution in [3.8, 4) is 0 Å². The van der Waals surface area contributed by atoms with E-state index >= 15 is 0 Å². The Balaban J connectivity index is 2.35. The Labute approximate surface area is 101 Å². The number of ether oxygens (including phenoxy) is 2. The summed E-state index contributed by atoms with van der Waals surface area (Å²) in [4.78, 5) is 26.7. The normalized spacial score (nSPS) is 16.5. The smallest absolute Gasteiger partial charge is 0.242 e. The maximum absolute atomic E-state index is 11.7. The Kier molecular flexibility index (Phi) is 5.93. The summed E-state index contributed by atoms with van der Waals surface area (Å²) in [5, 5.41) is 0. The molecule has 0 spiro atoms. The first-order chi connectivity index (χ1) is 8.19. The maximum atomic E-state index is 11.7. The molecule has 1 heterocycles. The van der Waals surface area contributed by atoms with Crippen LogP contribution in [0.1, 0.15) is 6.42 Å². The number of rotatable bonds is 6. The highest BCUT2D eigenvalue weighted by Gasteiger charge is 2.26.